The van der Waals surface area contributed by atoms with Gasteiger partial charge in [0.2, 0.25) is 5.91 Å². The molecule has 2 N–H and O–H groups in total. The van der Waals surface area contributed by atoms with Crippen molar-refractivity contribution in [2.45, 2.75) is 13.3 Å². The zero-order chi connectivity index (χ0) is 22.4. The van der Waals surface area contributed by atoms with E-state index in [4.69, 9.17) is 4.74 Å². The minimum atomic E-state index is -0.828. The van der Waals surface area contributed by atoms with Crippen LogP contribution in [0.1, 0.15) is 23.0 Å². The molecule has 0 bridgehead atoms. The predicted molar refractivity (Wildman–Crippen MR) is 117 cm³/mol. The second-order valence-corrected chi connectivity index (χ2v) is 6.98. The molecule has 0 radical (unpaired) electrons. The molecule has 3 aromatic rings. The molecule has 0 atom stereocenters. The van der Waals surface area contributed by atoms with Crippen LogP contribution in [0, 0.1) is 0 Å². The fourth-order valence-corrected chi connectivity index (χ4v) is 3.07. The van der Waals surface area contributed by atoms with Gasteiger partial charge < -0.3 is 19.9 Å². The van der Waals surface area contributed by atoms with Gasteiger partial charge in [-0.1, -0.05) is 37.3 Å². The molecule has 0 saturated heterocycles. The Morgan fingerprint density at radius 1 is 1.06 bits per heavy atom. The molecule has 0 saturated carbocycles. The number of hydrogen-bond acceptors (Lipinski definition) is 5. The molecule has 0 aliphatic heterocycles. The standard InChI is InChI=1S/C23H23N3O5/c1-3-15-8-4-6-10-17(15)25-21(28)13-26(2)22(29)14-31-23(30)19-12-20(27)16-9-5-7-11-18(16)24-19/h4-12H,3,13-14H2,1-2H3,(H,24,27)(H,25,28). The van der Waals surface area contributed by atoms with Gasteiger partial charge in [0, 0.05) is 29.7 Å². The number of amides is 2. The summed E-state index contributed by atoms with van der Waals surface area (Å²) in [5.41, 5.74) is 1.81. The molecule has 31 heavy (non-hydrogen) atoms. The minimum Gasteiger partial charge on any atom is -0.451 e. The highest BCUT2D eigenvalue weighted by atomic mass is 16.5. The highest BCUT2D eigenvalue weighted by Crippen LogP contribution is 2.15. The number of pyridine rings is 1. The third-order valence-electron chi connectivity index (χ3n) is 4.76. The Morgan fingerprint density at radius 3 is 2.55 bits per heavy atom. The zero-order valence-corrected chi connectivity index (χ0v) is 17.3. The molecule has 1 heterocycles. The van der Waals surface area contributed by atoms with Crippen LogP contribution in [-0.2, 0) is 20.7 Å². The molecule has 8 nitrogen and oxygen atoms in total. The van der Waals surface area contributed by atoms with Crippen molar-refractivity contribution in [1.29, 1.82) is 0 Å². The number of aromatic amines is 1. The van der Waals surface area contributed by atoms with Gasteiger partial charge in [0.15, 0.2) is 12.0 Å². The van der Waals surface area contributed by atoms with E-state index in [0.717, 1.165) is 18.1 Å². The van der Waals surface area contributed by atoms with Crippen molar-refractivity contribution in [2.24, 2.45) is 0 Å². The quantitative estimate of drug-likeness (QED) is 0.569. The highest BCUT2D eigenvalue weighted by Gasteiger charge is 2.17. The van der Waals surface area contributed by atoms with Crippen molar-refractivity contribution in [3.63, 3.8) is 0 Å². The summed E-state index contributed by atoms with van der Waals surface area (Å²) < 4.78 is 5.02. The average Bonchev–Trinajstić information content (AvgIpc) is 2.77. The van der Waals surface area contributed by atoms with Crippen molar-refractivity contribution in [3.05, 3.63) is 76.1 Å². The number of aryl methyl sites for hydroxylation is 1. The topological polar surface area (TPSA) is 109 Å². The summed E-state index contributed by atoms with van der Waals surface area (Å²) in [5, 5.41) is 3.23. The number of esters is 1. The number of nitrogens with zero attached hydrogens (tertiary/aromatic N) is 1. The summed E-state index contributed by atoms with van der Waals surface area (Å²) in [7, 11) is 1.44. The normalized spacial score (nSPS) is 10.5. The fraction of sp³-hybridized carbons (Fsp3) is 0.217. The number of carbonyl (C=O) groups excluding carboxylic acids is 3. The van der Waals surface area contributed by atoms with E-state index in [1.54, 1.807) is 30.3 Å². The van der Waals surface area contributed by atoms with Crippen LogP contribution in [0.5, 0.6) is 0 Å². The van der Waals surface area contributed by atoms with Crippen molar-refractivity contribution in [1.82, 2.24) is 9.88 Å². The molecule has 1 aromatic heterocycles. The number of para-hydroxylation sites is 2. The van der Waals surface area contributed by atoms with Crippen LogP contribution in [0.25, 0.3) is 10.9 Å². The maximum atomic E-state index is 12.3. The van der Waals surface area contributed by atoms with E-state index in [9.17, 15) is 19.2 Å². The number of benzene rings is 2. The molecule has 3 rings (SSSR count). The van der Waals surface area contributed by atoms with E-state index in [2.05, 4.69) is 10.3 Å². The molecule has 0 spiro atoms. The minimum absolute atomic E-state index is 0.0481. The summed E-state index contributed by atoms with van der Waals surface area (Å²) >= 11 is 0. The number of ether oxygens (including phenoxy) is 1. The van der Waals surface area contributed by atoms with Gasteiger partial charge >= 0.3 is 5.97 Å². The van der Waals surface area contributed by atoms with Crippen LogP contribution in [-0.4, -0.2) is 47.9 Å². The maximum absolute atomic E-state index is 12.3. The third-order valence-corrected chi connectivity index (χ3v) is 4.76. The summed E-state index contributed by atoms with van der Waals surface area (Å²) in [6.07, 6.45) is 0.762. The molecule has 0 aliphatic carbocycles. The van der Waals surface area contributed by atoms with E-state index in [-0.39, 0.29) is 23.6 Å². The number of likely N-dealkylation sites (N-methyl/N-ethyl adjacent to an activating group) is 1. The van der Waals surface area contributed by atoms with Gasteiger partial charge in [0.05, 0.1) is 6.54 Å². The smallest absolute Gasteiger partial charge is 0.355 e. The van der Waals surface area contributed by atoms with E-state index in [0.29, 0.717) is 16.6 Å². The first-order chi connectivity index (χ1) is 14.9. The van der Waals surface area contributed by atoms with Crippen LogP contribution in [0.15, 0.2) is 59.4 Å². The van der Waals surface area contributed by atoms with Gasteiger partial charge in [-0.25, -0.2) is 4.79 Å². The molecular formula is C23H23N3O5. The lowest BCUT2D eigenvalue weighted by molar-refractivity contribution is -0.136. The Balaban J connectivity index is 1.55. The Hall–Kier alpha value is -3.94. The number of anilines is 1. The molecule has 2 amide bonds. The SMILES string of the molecule is CCc1ccccc1NC(=O)CN(C)C(=O)COC(=O)c1cc(=O)c2ccccc2[nH]1. The van der Waals surface area contributed by atoms with E-state index >= 15 is 0 Å². The second kappa shape index (κ2) is 9.71. The second-order valence-electron chi connectivity index (χ2n) is 6.98. The van der Waals surface area contributed by atoms with E-state index in [1.165, 1.54) is 11.9 Å². The number of nitrogens with one attached hydrogen (secondary N) is 2. The van der Waals surface area contributed by atoms with Gasteiger partial charge in [-0.15, -0.1) is 0 Å². The first kappa shape index (κ1) is 21.8. The third kappa shape index (κ3) is 5.36. The Labute approximate surface area is 178 Å². The molecule has 2 aromatic carbocycles. The van der Waals surface area contributed by atoms with E-state index in [1.807, 2.05) is 25.1 Å². The Kier molecular flexibility index (Phi) is 6.81. The molecular weight excluding hydrogens is 398 g/mol. The summed E-state index contributed by atoms with van der Waals surface area (Å²) in [6, 6.07) is 15.3. The monoisotopic (exact) mass is 421 g/mol. The van der Waals surface area contributed by atoms with Crippen LogP contribution in [0.2, 0.25) is 0 Å². The molecule has 0 fully saturated rings. The first-order valence-electron chi connectivity index (χ1n) is 9.80. The van der Waals surface area contributed by atoms with Crippen molar-refractivity contribution < 1.29 is 19.1 Å². The maximum Gasteiger partial charge on any atom is 0.355 e. The van der Waals surface area contributed by atoms with Crippen LogP contribution in [0.4, 0.5) is 5.69 Å². The van der Waals surface area contributed by atoms with Gasteiger partial charge in [0.25, 0.3) is 5.91 Å². The fourth-order valence-electron chi connectivity index (χ4n) is 3.07. The number of H-pyrrole nitrogens is 1. The first-order valence-corrected chi connectivity index (χ1v) is 9.80. The Morgan fingerprint density at radius 2 is 1.77 bits per heavy atom. The van der Waals surface area contributed by atoms with Crippen molar-refractivity contribution in [2.75, 3.05) is 25.5 Å². The number of fused-ring (bicyclic) bond motifs is 1. The Bertz CT molecular complexity index is 1190. The largest absolute Gasteiger partial charge is 0.451 e. The molecule has 0 aliphatic rings. The van der Waals surface area contributed by atoms with Crippen molar-refractivity contribution >= 4 is 34.4 Å². The number of hydrogen-bond donors (Lipinski definition) is 2. The van der Waals surface area contributed by atoms with Crippen LogP contribution >= 0.6 is 0 Å². The molecule has 160 valence electrons. The summed E-state index contributed by atoms with van der Waals surface area (Å²) in [6.45, 7) is 1.24. The lowest BCUT2D eigenvalue weighted by Gasteiger charge is -2.17. The lowest BCUT2D eigenvalue weighted by atomic mass is 10.1. The van der Waals surface area contributed by atoms with Gasteiger partial charge in [-0.3, -0.25) is 14.4 Å². The van der Waals surface area contributed by atoms with Gasteiger partial charge in [0.1, 0.15) is 5.69 Å². The lowest BCUT2D eigenvalue weighted by Crippen LogP contribution is -2.37. The van der Waals surface area contributed by atoms with Crippen LogP contribution in [0.3, 0.4) is 0 Å². The number of aromatic nitrogens is 1. The van der Waals surface area contributed by atoms with Gasteiger partial charge in [-0.2, -0.15) is 0 Å². The summed E-state index contributed by atoms with van der Waals surface area (Å²) in [4.78, 5) is 52.9. The van der Waals surface area contributed by atoms with E-state index < -0.39 is 18.5 Å². The summed E-state index contributed by atoms with van der Waals surface area (Å²) in [5.74, 6) is -1.73. The van der Waals surface area contributed by atoms with Crippen LogP contribution < -0.4 is 10.7 Å². The van der Waals surface area contributed by atoms with Gasteiger partial charge in [-0.05, 0) is 30.2 Å². The van der Waals surface area contributed by atoms with Crippen molar-refractivity contribution in [3.8, 4) is 0 Å². The predicted octanol–water partition coefficient (Wildman–Crippen LogP) is 2.34. The molecule has 8 heteroatoms. The molecule has 0 unspecified atom stereocenters. The zero-order valence-electron chi connectivity index (χ0n) is 17.3. The average molecular weight is 421 g/mol. The highest BCUT2D eigenvalue weighted by molar-refractivity contribution is 5.96. The number of carbonyl (C=O) groups is 3. The number of rotatable bonds is 7.